The lowest BCUT2D eigenvalue weighted by molar-refractivity contribution is -0.121. The first-order valence-corrected chi connectivity index (χ1v) is 8.21. The van der Waals surface area contributed by atoms with Crippen molar-refractivity contribution in [3.8, 4) is 5.75 Å². The van der Waals surface area contributed by atoms with Crippen LogP contribution in [0.3, 0.4) is 0 Å². The highest BCUT2D eigenvalue weighted by Crippen LogP contribution is 2.25. The second-order valence-electron chi connectivity index (χ2n) is 5.87. The van der Waals surface area contributed by atoms with Crippen LogP contribution in [0.2, 0.25) is 0 Å². The summed E-state index contributed by atoms with van der Waals surface area (Å²) in [7, 11) is 0. The predicted molar refractivity (Wildman–Crippen MR) is 87.3 cm³/mol. The van der Waals surface area contributed by atoms with Crippen molar-refractivity contribution in [1.82, 2.24) is 4.90 Å². The van der Waals surface area contributed by atoms with Gasteiger partial charge in [-0.3, -0.25) is 9.69 Å². The Morgan fingerprint density at radius 2 is 2.12 bits per heavy atom. The number of nitrogens with zero attached hydrogens (tertiary/aromatic N) is 1. The first kappa shape index (κ1) is 18.6. The Kier molecular flexibility index (Phi) is 6.93. The fourth-order valence-corrected chi connectivity index (χ4v) is 2.89. The fraction of sp³-hybridized carbons (Fsp3) is 0.588. The first-order valence-electron chi connectivity index (χ1n) is 8.21. The van der Waals surface area contributed by atoms with Gasteiger partial charge in [-0.05, 0) is 51.1 Å². The lowest BCUT2D eigenvalue weighted by Gasteiger charge is -2.30. The number of benzene rings is 1. The highest BCUT2D eigenvalue weighted by molar-refractivity contribution is 5.92. The van der Waals surface area contributed by atoms with Gasteiger partial charge in [-0.25, -0.2) is 8.78 Å². The molecule has 1 amide bonds. The fourth-order valence-electron chi connectivity index (χ4n) is 2.89. The van der Waals surface area contributed by atoms with Crippen LogP contribution in [0.15, 0.2) is 18.2 Å². The highest BCUT2D eigenvalue weighted by atomic mass is 19.3. The van der Waals surface area contributed by atoms with E-state index in [0.717, 1.165) is 0 Å². The zero-order valence-electron chi connectivity index (χ0n) is 13.8. The average molecular weight is 342 g/mol. The Bertz CT molecular complexity index is 547. The quantitative estimate of drug-likeness (QED) is 0.799. The summed E-state index contributed by atoms with van der Waals surface area (Å²) >= 11 is 0. The Morgan fingerprint density at radius 1 is 1.42 bits per heavy atom. The molecular weight excluding hydrogens is 318 g/mol. The van der Waals surface area contributed by atoms with E-state index in [0.29, 0.717) is 49.5 Å². The minimum absolute atomic E-state index is 0.111. The number of rotatable bonds is 7. The molecule has 1 aliphatic heterocycles. The van der Waals surface area contributed by atoms with Crippen LogP contribution < -0.4 is 10.1 Å². The molecule has 0 spiro atoms. The second kappa shape index (κ2) is 8.94. The number of hydrogen-bond donors (Lipinski definition) is 2. The molecule has 134 valence electrons. The van der Waals surface area contributed by atoms with Crippen molar-refractivity contribution in [2.45, 2.75) is 32.8 Å². The molecule has 2 N–H and O–H groups in total. The number of likely N-dealkylation sites (tertiary alicyclic amines) is 1. The molecular formula is C17H24F2N2O3. The van der Waals surface area contributed by atoms with E-state index in [1.54, 1.807) is 23.1 Å². The van der Waals surface area contributed by atoms with Crippen LogP contribution in [-0.4, -0.2) is 48.6 Å². The van der Waals surface area contributed by atoms with E-state index in [-0.39, 0.29) is 25.0 Å². The van der Waals surface area contributed by atoms with E-state index < -0.39 is 6.43 Å². The van der Waals surface area contributed by atoms with Crippen LogP contribution in [0.5, 0.6) is 5.75 Å². The smallest absolute Gasteiger partial charge is 0.251 e. The summed E-state index contributed by atoms with van der Waals surface area (Å²) in [5.41, 5.74) is 1.21. The van der Waals surface area contributed by atoms with Crippen LogP contribution in [-0.2, 0) is 11.4 Å². The number of aliphatic hydroxyl groups is 1. The van der Waals surface area contributed by atoms with Crippen molar-refractivity contribution in [1.29, 1.82) is 0 Å². The minimum Gasteiger partial charge on any atom is -0.494 e. The maximum Gasteiger partial charge on any atom is 0.251 e. The number of piperidine rings is 1. The van der Waals surface area contributed by atoms with E-state index >= 15 is 0 Å². The summed E-state index contributed by atoms with van der Waals surface area (Å²) in [4.78, 5) is 14.0. The monoisotopic (exact) mass is 342 g/mol. The normalized spacial score (nSPS) is 16.4. The van der Waals surface area contributed by atoms with Crippen molar-refractivity contribution in [2.75, 3.05) is 31.6 Å². The van der Waals surface area contributed by atoms with Crippen LogP contribution in [0.1, 0.15) is 25.3 Å². The van der Waals surface area contributed by atoms with Crippen LogP contribution >= 0.6 is 0 Å². The molecule has 1 heterocycles. The molecule has 1 aliphatic rings. The summed E-state index contributed by atoms with van der Waals surface area (Å²) < 4.78 is 30.1. The molecule has 24 heavy (non-hydrogen) atoms. The zero-order chi connectivity index (χ0) is 17.5. The van der Waals surface area contributed by atoms with E-state index in [9.17, 15) is 18.7 Å². The average Bonchev–Trinajstić information content (AvgIpc) is 2.56. The van der Waals surface area contributed by atoms with Crippen molar-refractivity contribution in [3.63, 3.8) is 0 Å². The maximum absolute atomic E-state index is 12.4. The molecule has 0 aliphatic carbocycles. The number of alkyl halides is 2. The van der Waals surface area contributed by atoms with Gasteiger partial charge >= 0.3 is 0 Å². The van der Waals surface area contributed by atoms with Crippen molar-refractivity contribution < 1.29 is 23.4 Å². The third kappa shape index (κ3) is 5.14. The standard InChI is InChI=1S/C17H24F2N2O3/c1-2-24-15-4-3-14(9-13(15)11-22)20-17(23)12-5-7-21(8-6-12)10-16(18)19/h3-4,9,12,16,22H,2,5-8,10-11H2,1H3,(H,20,23). The Morgan fingerprint density at radius 3 is 2.71 bits per heavy atom. The Hall–Kier alpha value is -1.73. The number of ether oxygens (including phenoxy) is 1. The summed E-state index contributed by atoms with van der Waals surface area (Å²) in [6.45, 7) is 2.96. The van der Waals surface area contributed by atoms with Crippen molar-refractivity contribution in [3.05, 3.63) is 23.8 Å². The first-order chi connectivity index (χ1) is 11.5. The molecule has 0 bridgehead atoms. The van der Waals surface area contributed by atoms with Gasteiger partial charge in [-0.1, -0.05) is 0 Å². The molecule has 2 rings (SSSR count). The van der Waals surface area contributed by atoms with Gasteiger partial charge < -0.3 is 15.2 Å². The number of hydrogen-bond acceptors (Lipinski definition) is 4. The summed E-state index contributed by atoms with van der Waals surface area (Å²) in [5, 5.41) is 12.2. The van der Waals surface area contributed by atoms with Crippen molar-refractivity contribution in [2.24, 2.45) is 5.92 Å². The van der Waals surface area contributed by atoms with Gasteiger partial charge in [0.15, 0.2) is 0 Å². The van der Waals surface area contributed by atoms with Gasteiger partial charge in [0.1, 0.15) is 5.75 Å². The molecule has 1 fully saturated rings. The maximum atomic E-state index is 12.4. The number of aliphatic hydroxyl groups excluding tert-OH is 1. The number of halogens is 2. The number of nitrogens with one attached hydrogen (secondary N) is 1. The number of anilines is 1. The third-order valence-electron chi connectivity index (χ3n) is 4.15. The summed E-state index contributed by atoms with van der Waals surface area (Å²) in [6.07, 6.45) is -1.19. The molecule has 1 aromatic carbocycles. The Balaban J connectivity index is 1.91. The predicted octanol–water partition coefficient (Wildman–Crippen LogP) is 2.49. The number of amides is 1. The largest absolute Gasteiger partial charge is 0.494 e. The van der Waals surface area contributed by atoms with E-state index in [2.05, 4.69) is 5.32 Å². The van der Waals surface area contributed by atoms with Crippen LogP contribution in [0, 0.1) is 5.92 Å². The van der Waals surface area contributed by atoms with E-state index in [1.165, 1.54) is 0 Å². The van der Waals surface area contributed by atoms with Crippen molar-refractivity contribution >= 4 is 11.6 Å². The van der Waals surface area contributed by atoms with Crippen LogP contribution in [0.4, 0.5) is 14.5 Å². The molecule has 0 atom stereocenters. The van der Waals surface area contributed by atoms with Gasteiger partial charge in [0, 0.05) is 17.2 Å². The zero-order valence-corrected chi connectivity index (χ0v) is 13.8. The van der Waals surface area contributed by atoms with Gasteiger partial charge in [0.2, 0.25) is 5.91 Å². The van der Waals surface area contributed by atoms with Gasteiger partial charge in [-0.2, -0.15) is 0 Å². The molecule has 1 aromatic rings. The lowest BCUT2D eigenvalue weighted by Crippen LogP contribution is -2.40. The SMILES string of the molecule is CCOc1ccc(NC(=O)C2CCN(CC(F)F)CC2)cc1CO. The topological polar surface area (TPSA) is 61.8 Å². The molecule has 0 radical (unpaired) electrons. The molecule has 1 saturated heterocycles. The molecule has 5 nitrogen and oxygen atoms in total. The highest BCUT2D eigenvalue weighted by Gasteiger charge is 2.26. The number of carbonyl (C=O) groups excluding carboxylic acids is 1. The van der Waals surface area contributed by atoms with Gasteiger partial charge in [-0.15, -0.1) is 0 Å². The van der Waals surface area contributed by atoms with Crippen LogP contribution in [0.25, 0.3) is 0 Å². The molecule has 0 unspecified atom stereocenters. The summed E-state index contributed by atoms with van der Waals surface area (Å²) in [5.74, 6) is 0.307. The molecule has 7 heteroatoms. The van der Waals surface area contributed by atoms with E-state index in [1.807, 2.05) is 6.92 Å². The molecule has 0 saturated carbocycles. The van der Waals surface area contributed by atoms with E-state index in [4.69, 9.17) is 4.74 Å². The minimum atomic E-state index is -2.34. The second-order valence-corrected chi connectivity index (χ2v) is 5.87. The Labute approximate surface area is 140 Å². The van der Waals surface area contributed by atoms with Gasteiger partial charge in [0.25, 0.3) is 6.43 Å². The summed E-state index contributed by atoms with van der Waals surface area (Å²) in [6, 6.07) is 5.14. The number of carbonyl (C=O) groups is 1. The third-order valence-corrected chi connectivity index (χ3v) is 4.15. The molecule has 0 aromatic heterocycles. The van der Waals surface area contributed by atoms with Gasteiger partial charge in [0.05, 0.1) is 19.8 Å². The lowest BCUT2D eigenvalue weighted by atomic mass is 9.96.